The molecule has 0 saturated carbocycles. The van der Waals surface area contributed by atoms with Crippen LogP contribution in [0.15, 0.2) is 35.1 Å². The fraction of sp³-hybridized carbons (Fsp3) is 0.450. The molecule has 7 nitrogen and oxygen atoms in total. The molecule has 144 valence electrons. The lowest BCUT2D eigenvalue weighted by atomic mass is 10.1. The van der Waals surface area contributed by atoms with Crippen LogP contribution in [0.25, 0.3) is 0 Å². The van der Waals surface area contributed by atoms with Gasteiger partial charge in [0, 0.05) is 25.8 Å². The highest BCUT2D eigenvalue weighted by atomic mass is 16.5. The molecule has 0 unspecified atom stereocenters. The Kier molecular flexibility index (Phi) is 7.24. The van der Waals surface area contributed by atoms with Crippen molar-refractivity contribution in [2.45, 2.75) is 33.2 Å². The Morgan fingerprint density at radius 3 is 2.78 bits per heavy atom. The van der Waals surface area contributed by atoms with Gasteiger partial charge in [-0.3, -0.25) is 9.59 Å². The molecule has 0 bridgehead atoms. The Labute approximate surface area is 158 Å². The van der Waals surface area contributed by atoms with Gasteiger partial charge >= 0.3 is 5.97 Å². The molecule has 2 rings (SSSR count). The molecule has 1 aromatic heterocycles. The summed E-state index contributed by atoms with van der Waals surface area (Å²) in [6.45, 7) is 8.72. The van der Waals surface area contributed by atoms with Crippen molar-refractivity contribution in [2.75, 3.05) is 26.3 Å². The fourth-order valence-corrected chi connectivity index (χ4v) is 2.72. The SMILES string of the molecule is C=C=C=CCN1CCn2cc(C(=O)OCC)c(=O)c(OCCCC)c2C1=O. The van der Waals surface area contributed by atoms with Crippen LogP contribution in [0.1, 0.15) is 47.5 Å². The number of nitrogens with zero attached hydrogens (tertiary/aromatic N) is 2. The predicted molar refractivity (Wildman–Crippen MR) is 100 cm³/mol. The Balaban J connectivity index is 2.50. The van der Waals surface area contributed by atoms with Crippen molar-refractivity contribution in [3.63, 3.8) is 0 Å². The van der Waals surface area contributed by atoms with Crippen LogP contribution in [-0.4, -0.2) is 47.6 Å². The lowest BCUT2D eigenvalue weighted by Gasteiger charge is -2.30. The van der Waals surface area contributed by atoms with Crippen LogP contribution in [0.3, 0.4) is 0 Å². The third-order valence-corrected chi connectivity index (χ3v) is 4.09. The van der Waals surface area contributed by atoms with E-state index in [2.05, 4.69) is 18.0 Å². The maximum absolute atomic E-state index is 12.9. The van der Waals surface area contributed by atoms with Gasteiger partial charge in [0.15, 0.2) is 11.4 Å². The number of carbonyl (C=O) groups is 2. The van der Waals surface area contributed by atoms with Crippen LogP contribution in [0.4, 0.5) is 0 Å². The standard InChI is InChI=1S/C20H24N2O5/c1-4-7-9-10-21-11-12-22-14-15(20(25)26-6-3)17(23)18(16(22)19(21)24)27-13-8-5-2/h9,14H,1,5-6,8,10-13H2,2-3H3. The molecule has 0 radical (unpaired) electrons. The van der Waals surface area contributed by atoms with Crippen LogP contribution in [0.5, 0.6) is 5.75 Å². The molecule has 1 aliphatic rings. The molecule has 1 amide bonds. The summed E-state index contributed by atoms with van der Waals surface area (Å²) in [7, 11) is 0. The first kappa shape index (κ1) is 20.3. The summed E-state index contributed by atoms with van der Waals surface area (Å²) in [5, 5.41) is 0. The van der Waals surface area contributed by atoms with Crippen LogP contribution in [-0.2, 0) is 11.3 Å². The minimum absolute atomic E-state index is 0.0908. The van der Waals surface area contributed by atoms with Crippen molar-refractivity contribution in [1.29, 1.82) is 0 Å². The van der Waals surface area contributed by atoms with Gasteiger partial charge in [-0.05, 0) is 26.0 Å². The monoisotopic (exact) mass is 372 g/mol. The summed E-state index contributed by atoms with van der Waals surface area (Å²) in [6.07, 6.45) is 4.63. The van der Waals surface area contributed by atoms with E-state index in [0.717, 1.165) is 12.8 Å². The largest absolute Gasteiger partial charge is 0.487 e. The zero-order valence-corrected chi connectivity index (χ0v) is 15.7. The first-order valence-electron chi connectivity index (χ1n) is 9.01. The molecule has 7 heteroatoms. The second-order valence-corrected chi connectivity index (χ2v) is 5.94. The zero-order valence-electron chi connectivity index (χ0n) is 15.7. The van der Waals surface area contributed by atoms with E-state index in [-0.39, 0.29) is 36.1 Å². The van der Waals surface area contributed by atoms with E-state index in [0.29, 0.717) is 19.6 Å². The Hall–Kier alpha value is -3.01. The van der Waals surface area contributed by atoms with Gasteiger partial charge in [0.1, 0.15) is 5.56 Å². The average molecular weight is 372 g/mol. The lowest BCUT2D eigenvalue weighted by Crippen LogP contribution is -2.42. The number of hydrogen-bond donors (Lipinski definition) is 0. The highest BCUT2D eigenvalue weighted by Gasteiger charge is 2.31. The van der Waals surface area contributed by atoms with Crippen LogP contribution < -0.4 is 10.2 Å². The molecule has 2 heterocycles. The van der Waals surface area contributed by atoms with Gasteiger partial charge in [0.05, 0.1) is 13.2 Å². The van der Waals surface area contributed by atoms with Crippen molar-refractivity contribution in [3.8, 4) is 5.75 Å². The summed E-state index contributed by atoms with van der Waals surface area (Å²) in [5.41, 5.74) is 4.63. The molecule has 0 atom stereocenters. The highest BCUT2D eigenvalue weighted by Crippen LogP contribution is 2.22. The van der Waals surface area contributed by atoms with Crippen molar-refractivity contribution in [3.05, 3.63) is 51.8 Å². The number of ether oxygens (including phenoxy) is 2. The van der Waals surface area contributed by atoms with Crippen molar-refractivity contribution in [1.82, 2.24) is 9.47 Å². The number of carbonyl (C=O) groups excluding carboxylic acids is 2. The molecule has 0 aliphatic carbocycles. The maximum atomic E-state index is 12.9. The number of pyridine rings is 1. The molecule has 1 aliphatic heterocycles. The van der Waals surface area contributed by atoms with Gasteiger partial charge < -0.3 is 18.9 Å². The van der Waals surface area contributed by atoms with Gasteiger partial charge in [-0.25, -0.2) is 4.79 Å². The summed E-state index contributed by atoms with van der Waals surface area (Å²) in [4.78, 5) is 39.4. The topological polar surface area (TPSA) is 77.8 Å². The van der Waals surface area contributed by atoms with Gasteiger partial charge in [0.2, 0.25) is 5.43 Å². The Morgan fingerprint density at radius 1 is 1.33 bits per heavy atom. The third kappa shape index (κ3) is 4.59. The molecule has 0 aromatic carbocycles. The number of aromatic nitrogens is 1. The normalized spacial score (nSPS) is 12.7. The number of hydrogen-bond acceptors (Lipinski definition) is 5. The number of esters is 1. The molecule has 0 spiro atoms. The summed E-state index contributed by atoms with van der Waals surface area (Å²) >= 11 is 0. The van der Waals surface area contributed by atoms with E-state index in [9.17, 15) is 14.4 Å². The van der Waals surface area contributed by atoms with E-state index in [1.165, 1.54) is 6.20 Å². The van der Waals surface area contributed by atoms with Crippen molar-refractivity contribution < 1.29 is 19.1 Å². The van der Waals surface area contributed by atoms with E-state index in [4.69, 9.17) is 9.47 Å². The lowest BCUT2D eigenvalue weighted by molar-refractivity contribution is 0.0520. The number of rotatable bonds is 8. The number of amides is 1. The van der Waals surface area contributed by atoms with Gasteiger partial charge in [-0.1, -0.05) is 24.8 Å². The fourth-order valence-electron chi connectivity index (χ4n) is 2.72. The van der Waals surface area contributed by atoms with Crippen LogP contribution >= 0.6 is 0 Å². The maximum Gasteiger partial charge on any atom is 0.343 e. The van der Waals surface area contributed by atoms with E-state index in [1.54, 1.807) is 22.5 Å². The summed E-state index contributed by atoms with van der Waals surface area (Å²) < 4.78 is 12.2. The van der Waals surface area contributed by atoms with E-state index < -0.39 is 11.4 Å². The second kappa shape index (κ2) is 9.62. The molecular formula is C20H24N2O5. The predicted octanol–water partition coefficient (Wildman–Crippen LogP) is 2.16. The molecular weight excluding hydrogens is 348 g/mol. The highest BCUT2D eigenvalue weighted by molar-refractivity contribution is 5.98. The van der Waals surface area contributed by atoms with Crippen LogP contribution in [0, 0.1) is 0 Å². The summed E-state index contributed by atoms with van der Waals surface area (Å²) in [6, 6.07) is 0. The van der Waals surface area contributed by atoms with Gasteiger partial charge in [-0.2, -0.15) is 0 Å². The zero-order chi connectivity index (χ0) is 19.8. The first-order chi connectivity index (χ1) is 13.0. The van der Waals surface area contributed by atoms with Crippen molar-refractivity contribution in [2.24, 2.45) is 0 Å². The molecule has 0 fully saturated rings. The molecule has 27 heavy (non-hydrogen) atoms. The van der Waals surface area contributed by atoms with E-state index >= 15 is 0 Å². The molecule has 0 N–H and O–H groups in total. The minimum atomic E-state index is -0.716. The second-order valence-electron chi connectivity index (χ2n) is 5.94. The average Bonchev–Trinajstić information content (AvgIpc) is 2.65. The number of unbranched alkanes of at least 4 members (excludes halogenated alkanes) is 1. The molecule has 1 aromatic rings. The Morgan fingerprint density at radius 2 is 2.11 bits per heavy atom. The quantitative estimate of drug-likeness (QED) is 0.397. The first-order valence-corrected chi connectivity index (χ1v) is 9.01. The number of fused-ring (bicyclic) bond motifs is 1. The minimum Gasteiger partial charge on any atom is -0.487 e. The Bertz CT molecular complexity index is 858. The van der Waals surface area contributed by atoms with Gasteiger partial charge in [0.25, 0.3) is 5.91 Å². The van der Waals surface area contributed by atoms with Crippen molar-refractivity contribution >= 4 is 11.9 Å². The van der Waals surface area contributed by atoms with Gasteiger partial charge in [-0.15, -0.1) is 0 Å². The summed E-state index contributed by atoms with van der Waals surface area (Å²) in [5.74, 6) is -1.14. The van der Waals surface area contributed by atoms with E-state index in [1.807, 2.05) is 6.92 Å². The smallest absolute Gasteiger partial charge is 0.343 e. The molecule has 0 saturated heterocycles. The van der Waals surface area contributed by atoms with Crippen LogP contribution in [0.2, 0.25) is 0 Å². The third-order valence-electron chi connectivity index (χ3n) is 4.09.